The van der Waals surface area contributed by atoms with Gasteiger partial charge in [-0.05, 0) is 34.2 Å². The number of nitrogens with one attached hydrogen (secondary N) is 2. The molecule has 1 atom stereocenters. The smallest absolute Gasteiger partial charge is 0.407 e. The third-order valence-corrected chi connectivity index (χ3v) is 1.79. The number of hydrogen-bond donors (Lipinski definition) is 3. The van der Waals surface area contributed by atoms with Crippen LogP contribution in [0.15, 0.2) is 0 Å². The molecule has 16 heavy (non-hydrogen) atoms. The number of ether oxygens (including phenoxy) is 1. The zero-order valence-electron chi connectivity index (χ0n) is 10.3. The van der Waals surface area contributed by atoms with Crippen LogP contribution in [0.3, 0.4) is 0 Å². The first-order valence-corrected chi connectivity index (χ1v) is 5.19. The molecule has 0 bridgehead atoms. The van der Waals surface area contributed by atoms with Crippen LogP contribution in [0.25, 0.3) is 0 Å². The van der Waals surface area contributed by atoms with Gasteiger partial charge in [0.15, 0.2) is 0 Å². The fraction of sp³-hybridized carbons (Fsp3) is 0.800. The van der Waals surface area contributed by atoms with Gasteiger partial charge >= 0.3 is 6.09 Å². The largest absolute Gasteiger partial charge is 0.444 e. The van der Waals surface area contributed by atoms with Gasteiger partial charge in [-0.15, -0.1) is 0 Å². The lowest BCUT2D eigenvalue weighted by Gasteiger charge is -2.20. The Morgan fingerprint density at radius 3 is 2.31 bits per heavy atom. The van der Waals surface area contributed by atoms with Crippen molar-refractivity contribution in [2.24, 2.45) is 5.73 Å². The molecule has 0 fully saturated rings. The van der Waals surface area contributed by atoms with Gasteiger partial charge in [0.2, 0.25) is 5.91 Å². The van der Waals surface area contributed by atoms with Crippen molar-refractivity contribution in [2.75, 3.05) is 13.6 Å². The first-order chi connectivity index (χ1) is 7.26. The molecule has 0 aromatic heterocycles. The van der Waals surface area contributed by atoms with Crippen molar-refractivity contribution in [1.29, 1.82) is 0 Å². The average molecular weight is 231 g/mol. The first kappa shape index (κ1) is 14.7. The van der Waals surface area contributed by atoms with E-state index in [-0.39, 0.29) is 0 Å². The van der Waals surface area contributed by atoms with Gasteiger partial charge in [-0.2, -0.15) is 0 Å². The van der Waals surface area contributed by atoms with E-state index in [0.29, 0.717) is 13.0 Å². The van der Waals surface area contributed by atoms with Crippen LogP contribution < -0.4 is 16.4 Å². The van der Waals surface area contributed by atoms with E-state index in [1.165, 1.54) is 0 Å². The zero-order chi connectivity index (χ0) is 12.8. The summed E-state index contributed by atoms with van der Waals surface area (Å²) in [5, 5.41) is 5.31. The first-order valence-electron chi connectivity index (χ1n) is 5.19. The number of rotatable bonds is 5. The van der Waals surface area contributed by atoms with Crippen LogP contribution in [0, 0.1) is 0 Å². The number of nitrogens with two attached hydrogens (primary N) is 1. The molecule has 0 aliphatic heterocycles. The minimum Gasteiger partial charge on any atom is -0.444 e. The maximum atomic E-state index is 11.2. The normalized spacial score (nSPS) is 13.0. The van der Waals surface area contributed by atoms with Crippen molar-refractivity contribution in [1.82, 2.24) is 10.6 Å². The number of amides is 2. The van der Waals surface area contributed by atoms with Crippen LogP contribution in [0.2, 0.25) is 0 Å². The molecule has 0 spiro atoms. The van der Waals surface area contributed by atoms with Gasteiger partial charge in [0.1, 0.15) is 5.60 Å². The lowest BCUT2D eigenvalue weighted by molar-refractivity contribution is -0.120. The standard InChI is InChI=1S/C10H21N3O3/c1-10(2,3)16-9(15)13-6-5-7(12-4)8(11)14/h7,12H,5-6H2,1-4H3,(H2,11,14)(H,13,15). The van der Waals surface area contributed by atoms with E-state index in [4.69, 9.17) is 10.5 Å². The highest BCUT2D eigenvalue weighted by molar-refractivity contribution is 5.79. The minimum absolute atomic E-state index is 0.337. The highest BCUT2D eigenvalue weighted by Crippen LogP contribution is 2.06. The monoisotopic (exact) mass is 231 g/mol. The highest BCUT2D eigenvalue weighted by atomic mass is 16.6. The van der Waals surface area contributed by atoms with Gasteiger partial charge in [0.25, 0.3) is 0 Å². The van der Waals surface area contributed by atoms with Crippen molar-refractivity contribution in [2.45, 2.75) is 38.8 Å². The molecule has 6 nitrogen and oxygen atoms in total. The predicted molar refractivity (Wildman–Crippen MR) is 60.9 cm³/mol. The molecule has 0 heterocycles. The van der Waals surface area contributed by atoms with Gasteiger partial charge in [0.05, 0.1) is 6.04 Å². The van der Waals surface area contributed by atoms with Gasteiger partial charge in [-0.3, -0.25) is 4.79 Å². The minimum atomic E-state index is -0.518. The van der Waals surface area contributed by atoms with Crippen LogP contribution in [0.5, 0.6) is 0 Å². The summed E-state index contributed by atoms with van der Waals surface area (Å²) >= 11 is 0. The summed E-state index contributed by atoms with van der Waals surface area (Å²) in [6.07, 6.45) is -0.0581. The van der Waals surface area contributed by atoms with E-state index in [2.05, 4.69) is 10.6 Å². The lowest BCUT2D eigenvalue weighted by Crippen LogP contribution is -2.42. The molecule has 0 aromatic carbocycles. The van der Waals surface area contributed by atoms with Gasteiger partial charge in [0, 0.05) is 6.54 Å². The topological polar surface area (TPSA) is 93.4 Å². The Balaban J connectivity index is 3.81. The van der Waals surface area contributed by atoms with Crippen LogP contribution in [0.4, 0.5) is 4.79 Å². The lowest BCUT2D eigenvalue weighted by atomic mass is 10.2. The van der Waals surface area contributed by atoms with E-state index >= 15 is 0 Å². The molecule has 0 aliphatic rings. The summed E-state index contributed by atoms with van der Waals surface area (Å²) in [5.41, 5.74) is 4.60. The fourth-order valence-corrected chi connectivity index (χ4v) is 1.06. The number of hydrogen-bond acceptors (Lipinski definition) is 4. The van der Waals surface area contributed by atoms with E-state index in [1.54, 1.807) is 27.8 Å². The number of primary amides is 1. The number of alkyl carbamates (subject to hydrolysis) is 1. The molecule has 6 heteroatoms. The van der Waals surface area contributed by atoms with Crippen LogP contribution in [0.1, 0.15) is 27.2 Å². The maximum Gasteiger partial charge on any atom is 0.407 e. The molecule has 0 aliphatic carbocycles. The Bertz CT molecular complexity index is 248. The molecule has 0 aromatic rings. The molecule has 0 saturated heterocycles. The molecule has 1 unspecified atom stereocenters. The summed E-state index contributed by atoms with van der Waals surface area (Å²) < 4.78 is 5.03. The molecule has 0 rings (SSSR count). The number of likely N-dealkylation sites (N-methyl/N-ethyl adjacent to an activating group) is 1. The second kappa shape index (κ2) is 6.32. The molecule has 0 saturated carbocycles. The Kier molecular flexibility index (Phi) is 5.81. The molecular formula is C10H21N3O3. The van der Waals surface area contributed by atoms with Gasteiger partial charge in [-0.25, -0.2) is 4.79 Å². The third kappa shape index (κ3) is 7.05. The van der Waals surface area contributed by atoms with Crippen LogP contribution >= 0.6 is 0 Å². The average Bonchev–Trinajstić information content (AvgIpc) is 2.08. The van der Waals surface area contributed by atoms with E-state index in [1.807, 2.05) is 0 Å². The summed E-state index contributed by atoms with van der Waals surface area (Å²) in [5.74, 6) is -0.437. The second-order valence-electron chi connectivity index (χ2n) is 4.46. The van der Waals surface area contributed by atoms with Crippen molar-refractivity contribution < 1.29 is 14.3 Å². The molecule has 94 valence electrons. The SMILES string of the molecule is CNC(CCNC(=O)OC(C)(C)C)C(N)=O. The molecule has 4 N–H and O–H groups in total. The van der Waals surface area contributed by atoms with Gasteiger partial charge in [-0.1, -0.05) is 0 Å². The Hall–Kier alpha value is -1.30. The summed E-state index contributed by atoms with van der Waals surface area (Å²) in [4.78, 5) is 22.1. The Morgan fingerprint density at radius 1 is 1.38 bits per heavy atom. The summed E-state index contributed by atoms with van der Waals surface area (Å²) in [6, 6.07) is -0.435. The highest BCUT2D eigenvalue weighted by Gasteiger charge is 2.17. The van der Waals surface area contributed by atoms with Gasteiger partial charge < -0.3 is 21.1 Å². The Morgan fingerprint density at radius 2 is 1.94 bits per heavy atom. The van der Waals surface area contributed by atoms with E-state index < -0.39 is 23.6 Å². The quantitative estimate of drug-likeness (QED) is 0.619. The van der Waals surface area contributed by atoms with Crippen LogP contribution in [-0.2, 0) is 9.53 Å². The van der Waals surface area contributed by atoms with Crippen molar-refractivity contribution >= 4 is 12.0 Å². The molecule has 2 amide bonds. The molecule has 0 radical (unpaired) electrons. The van der Waals surface area contributed by atoms with E-state index in [0.717, 1.165) is 0 Å². The maximum absolute atomic E-state index is 11.2. The Labute approximate surface area is 95.9 Å². The summed E-state index contributed by atoms with van der Waals surface area (Å²) in [7, 11) is 1.64. The van der Waals surface area contributed by atoms with Crippen LogP contribution in [-0.4, -0.2) is 37.2 Å². The van der Waals surface area contributed by atoms with Crippen molar-refractivity contribution in [3.63, 3.8) is 0 Å². The molecular weight excluding hydrogens is 210 g/mol. The third-order valence-electron chi connectivity index (χ3n) is 1.79. The number of carbonyl (C=O) groups excluding carboxylic acids is 2. The second-order valence-corrected chi connectivity index (χ2v) is 4.46. The number of carbonyl (C=O) groups is 2. The predicted octanol–water partition coefficient (Wildman–Crippen LogP) is -0.0255. The van der Waals surface area contributed by atoms with E-state index in [9.17, 15) is 9.59 Å². The zero-order valence-corrected chi connectivity index (χ0v) is 10.3. The summed E-state index contributed by atoms with van der Waals surface area (Å²) in [6.45, 7) is 5.69. The van der Waals surface area contributed by atoms with Crippen molar-refractivity contribution in [3.05, 3.63) is 0 Å². The fourth-order valence-electron chi connectivity index (χ4n) is 1.06. The van der Waals surface area contributed by atoms with Crippen molar-refractivity contribution in [3.8, 4) is 0 Å².